The fourth-order valence-corrected chi connectivity index (χ4v) is 11.8. The predicted molar refractivity (Wildman–Crippen MR) is 257 cm³/mol. The van der Waals surface area contributed by atoms with Crippen molar-refractivity contribution in [1.82, 2.24) is 30.0 Å². The van der Waals surface area contributed by atoms with Gasteiger partial charge in [0.2, 0.25) is 5.95 Å². The molecule has 3 fully saturated rings. The topological polar surface area (TPSA) is 118 Å². The summed E-state index contributed by atoms with van der Waals surface area (Å²) in [6, 6.07) is 21.2. The number of thioether (sulfide) groups is 1. The monoisotopic (exact) mass is 897 g/mol. The van der Waals surface area contributed by atoms with Crippen LogP contribution in [-0.4, -0.2) is 128 Å². The van der Waals surface area contributed by atoms with Crippen molar-refractivity contribution in [2.45, 2.75) is 68.5 Å². The number of nitrogens with zero attached hydrogens (tertiary/aromatic N) is 6. The summed E-state index contributed by atoms with van der Waals surface area (Å²) < 4.78 is 18.8. The smallest absolute Gasteiger partial charge is 0.229 e. The minimum Gasteiger partial charge on any atom is -0.494 e. The number of piperazine rings is 1. The fourth-order valence-electron chi connectivity index (χ4n) is 9.44. The van der Waals surface area contributed by atoms with E-state index >= 15 is 0 Å². The highest BCUT2D eigenvalue weighted by molar-refractivity contribution is 7.99. The number of fused-ring (bicyclic) bond motifs is 1. The minimum absolute atomic E-state index is 0.359. The second kappa shape index (κ2) is 20.6. The van der Waals surface area contributed by atoms with Crippen molar-refractivity contribution in [3.05, 3.63) is 83.0 Å². The Hall–Kier alpha value is -4.06. The van der Waals surface area contributed by atoms with Crippen LogP contribution >= 0.6 is 30.5 Å². The first-order chi connectivity index (χ1) is 30.2. The van der Waals surface area contributed by atoms with Crippen molar-refractivity contribution >= 4 is 76.3 Å². The lowest BCUT2D eigenvalue weighted by atomic mass is 10.0. The average molecular weight is 899 g/mol. The number of para-hydroxylation sites is 1. The highest BCUT2D eigenvalue weighted by Crippen LogP contribution is 2.41. The Morgan fingerprint density at radius 1 is 0.935 bits per heavy atom. The molecule has 3 aromatic carbocycles. The molecular formula is C47H61ClN9O3PS. The number of halogens is 1. The van der Waals surface area contributed by atoms with Gasteiger partial charge in [0, 0.05) is 92.0 Å². The largest absolute Gasteiger partial charge is 0.494 e. The molecule has 0 bridgehead atoms. The third kappa shape index (κ3) is 10.6. The van der Waals surface area contributed by atoms with E-state index < -0.39 is 7.14 Å². The quantitative estimate of drug-likeness (QED) is 0.0435. The van der Waals surface area contributed by atoms with Crippen molar-refractivity contribution in [1.29, 1.82) is 0 Å². The van der Waals surface area contributed by atoms with Crippen molar-refractivity contribution in [3.63, 3.8) is 0 Å². The molecule has 0 amide bonds. The van der Waals surface area contributed by atoms with Gasteiger partial charge in [0.25, 0.3) is 0 Å². The number of nitrogens with one attached hydrogen (secondary N) is 3. The molecule has 0 radical (unpaired) electrons. The maximum absolute atomic E-state index is 12.9. The van der Waals surface area contributed by atoms with Gasteiger partial charge in [-0.3, -0.25) is 4.90 Å². The van der Waals surface area contributed by atoms with Gasteiger partial charge >= 0.3 is 0 Å². The molecule has 4 aliphatic rings. The van der Waals surface area contributed by atoms with Crippen molar-refractivity contribution in [2.75, 3.05) is 101 Å². The Kier molecular flexibility index (Phi) is 14.8. The highest BCUT2D eigenvalue weighted by atomic mass is 35.5. The molecular weight excluding hydrogens is 837 g/mol. The summed E-state index contributed by atoms with van der Waals surface area (Å²) in [6.45, 7) is 14.1. The van der Waals surface area contributed by atoms with Crippen molar-refractivity contribution < 1.29 is 14.1 Å². The van der Waals surface area contributed by atoms with Crippen LogP contribution in [0.25, 0.3) is 5.70 Å². The number of benzene rings is 3. The summed E-state index contributed by atoms with van der Waals surface area (Å²) in [7, 11) is -0.853. The van der Waals surface area contributed by atoms with E-state index in [0.29, 0.717) is 40.3 Å². The standard InChI is InChI=1S/C47H61ClN9O3PS/c1-60-43-29-35(16-17-40(43)52-47-50-31-39(48)46(53-47)51-41-13-5-6-14-44(41)61(2,3)59)55-22-18-34(19-23-55)56-26-24-54(25-27-56)21-7-4-8-28-62-45-15-9-12-37-38(45)32-57(42(37)33-58)36-11-10-20-49-30-36/h5-6,9,12-17,29,31,34,36,49H,4,7-8,10-11,18-28,30,32H2,1-3H3,(H2,50,51,52,53). The number of hydrogen-bond donors (Lipinski definition) is 3. The minimum atomic E-state index is -2.53. The van der Waals surface area contributed by atoms with E-state index in [-0.39, 0.29) is 0 Å². The van der Waals surface area contributed by atoms with Crippen LogP contribution < -0.4 is 30.9 Å². The molecule has 8 rings (SSSR count). The van der Waals surface area contributed by atoms with Gasteiger partial charge < -0.3 is 40.0 Å². The maximum Gasteiger partial charge on any atom is 0.229 e. The Bertz CT molecular complexity index is 2270. The van der Waals surface area contributed by atoms with Crippen LogP contribution in [0.2, 0.25) is 5.02 Å². The van der Waals surface area contributed by atoms with Crippen LogP contribution in [0.3, 0.4) is 0 Å². The Labute approximate surface area is 376 Å². The third-order valence-corrected chi connectivity index (χ3v) is 15.9. The lowest BCUT2D eigenvalue weighted by molar-refractivity contribution is 0.0840. The number of piperidine rings is 2. The zero-order chi connectivity index (χ0) is 43.1. The molecule has 4 aromatic rings. The fraction of sp³-hybridized carbons (Fsp3) is 0.489. The molecule has 3 N–H and O–H groups in total. The Morgan fingerprint density at radius 3 is 2.52 bits per heavy atom. The van der Waals surface area contributed by atoms with Gasteiger partial charge in [0.1, 0.15) is 23.6 Å². The maximum atomic E-state index is 12.9. The van der Waals surface area contributed by atoms with Crippen LogP contribution in [0.15, 0.2) is 71.8 Å². The van der Waals surface area contributed by atoms with Crippen LogP contribution in [0.4, 0.5) is 28.8 Å². The second-order valence-corrected chi connectivity index (χ2v) is 22.0. The zero-order valence-electron chi connectivity index (χ0n) is 36.4. The molecule has 62 heavy (non-hydrogen) atoms. The molecule has 0 saturated carbocycles. The molecule has 15 heteroatoms. The van der Waals surface area contributed by atoms with Gasteiger partial charge in [-0.15, -0.1) is 11.8 Å². The average Bonchev–Trinajstić information content (AvgIpc) is 3.69. The zero-order valence-corrected chi connectivity index (χ0v) is 38.8. The number of rotatable bonds is 16. The Morgan fingerprint density at radius 2 is 1.76 bits per heavy atom. The van der Waals surface area contributed by atoms with Crippen LogP contribution in [0, 0.1) is 0 Å². The molecule has 5 heterocycles. The van der Waals surface area contributed by atoms with E-state index in [9.17, 15) is 9.36 Å². The molecule has 1 atom stereocenters. The van der Waals surface area contributed by atoms with E-state index in [1.165, 1.54) is 36.3 Å². The van der Waals surface area contributed by atoms with Gasteiger partial charge in [0.15, 0.2) is 11.8 Å². The molecule has 4 aliphatic heterocycles. The summed E-state index contributed by atoms with van der Waals surface area (Å²) in [5.41, 5.74) is 5.75. The SMILES string of the molecule is COc1cc(N2CCC(N3CCN(CCCCCSc4cccc5c4CN(C4CCCNC4)C5=C=O)CC3)CC2)ccc1Nc1ncc(Cl)c(Nc2ccccc2P(C)(C)=O)n1. The van der Waals surface area contributed by atoms with Gasteiger partial charge in [-0.2, -0.15) is 4.98 Å². The van der Waals surface area contributed by atoms with E-state index in [2.05, 4.69) is 81.8 Å². The number of methoxy groups -OCH3 is 1. The highest BCUT2D eigenvalue weighted by Gasteiger charge is 2.33. The van der Waals surface area contributed by atoms with Gasteiger partial charge in [0.05, 0.1) is 24.7 Å². The van der Waals surface area contributed by atoms with E-state index in [1.54, 1.807) is 26.6 Å². The summed E-state index contributed by atoms with van der Waals surface area (Å²) in [5, 5.41) is 11.2. The van der Waals surface area contributed by atoms with Gasteiger partial charge in [-0.05, 0) is 107 Å². The second-order valence-electron chi connectivity index (χ2n) is 17.3. The number of anilines is 5. The molecule has 0 aliphatic carbocycles. The Balaban J connectivity index is 0.751. The lowest BCUT2D eigenvalue weighted by Crippen LogP contribution is -2.53. The first-order valence-corrected chi connectivity index (χ1v) is 26.2. The van der Waals surface area contributed by atoms with Gasteiger partial charge in [-0.25, -0.2) is 9.78 Å². The number of hydrogen-bond acceptors (Lipinski definition) is 13. The normalized spacial score (nSPS) is 19.0. The van der Waals surface area contributed by atoms with E-state index in [4.69, 9.17) is 16.3 Å². The predicted octanol–water partition coefficient (Wildman–Crippen LogP) is 8.16. The van der Waals surface area contributed by atoms with Crippen LogP contribution in [0.5, 0.6) is 5.75 Å². The summed E-state index contributed by atoms with van der Waals surface area (Å²) in [4.78, 5) is 32.6. The first kappa shape index (κ1) is 44.5. The molecule has 0 spiro atoms. The van der Waals surface area contributed by atoms with E-state index in [0.717, 1.165) is 118 Å². The summed E-state index contributed by atoms with van der Waals surface area (Å²) in [6.07, 6.45) is 9.83. The van der Waals surface area contributed by atoms with Crippen molar-refractivity contribution in [3.8, 4) is 5.75 Å². The lowest BCUT2D eigenvalue weighted by Gasteiger charge is -2.43. The molecule has 1 unspecified atom stereocenters. The van der Waals surface area contributed by atoms with Gasteiger partial charge in [-0.1, -0.05) is 42.3 Å². The molecule has 1 aromatic heterocycles. The summed E-state index contributed by atoms with van der Waals surface area (Å²) in [5.74, 6) is 4.90. The molecule has 12 nitrogen and oxygen atoms in total. The summed E-state index contributed by atoms with van der Waals surface area (Å²) >= 11 is 8.46. The third-order valence-electron chi connectivity index (χ3n) is 12.9. The number of aromatic nitrogens is 2. The van der Waals surface area contributed by atoms with Crippen LogP contribution in [0.1, 0.15) is 56.1 Å². The number of carbonyl (C=O) groups excluding carboxylic acids is 1. The molecule has 3 saturated heterocycles. The number of ether oxygens (including phenoxy) is 1. The van der Waals surface area contributed by atoms with Crippen LogP contribution in [-0.2, 0) is 15.9 Å². The van der Waals surface area contributed by atoms with Crippen molar-refractivity contribution in [2.24, 2.45) is 0 Å². The molecule has 330 valence electrons. The number of unbranched alkanes of at least 4 members (excludes halogenated alkanes) is 2. The first-order valence-electron chi connectivity index (χ1n) is 22.3. The van der Waals surface area contributed by atoms with E-state index in [1.807, 2.05) is 42.1 Å².